The van der Waals surface area contributed by atoms with Gasteiger partial charge in [0.1, 0.15) is 0 Å². The van der Waals surface area contributed by atoms with Crippen LogP contribution in [-0.2, 0) is 16.4 Å². The Morgan fingerprint density at radius 1 is 0.684 bits per heavy atom. The van der Waals surface area contributed by atoms with Gasteiger partial charge >= 0.3 is 129 Å². The zero-order chi connectivity index (χ0) is 13.5. The second-order valence-electron chi connectivity index (χ2n) is 4.17. The molecular formula is C14H14O3Sn2. The van der Waals surface area contributed by atoms with Gasteiger partial charge in [0.2, 0.25) is 0 Å². The fraction of sp³-hybridized carbons (Fsp3) is 0.143. The molecule has 2 rings (SSSR count). The first-order valence-electron chi connectivity index (χ1n) is 6.05. The van der Waals surface area contributed by atoms with Crippen LogP contribution in [-0.4, -0.2) is 40.3 Å². The van der Waals surface area contributed by atoms with Gasteiger partial charge in [-0.2, -0.15) is 0 Å². The normalized spacial score (nSPS) is 10.1. The number of hydrogen-bond acceptors (Lipinski definition) is 3. The molecule has 3 nitrogen and oxygen atoms in total. The number of hydrogen-bond donors (Lipinski definition) is 0. The fourth-order valence-electron chi connectivity index (χ4n) is 1.72. The Bertz CT molecular complexity index is 504. The van der Waals surface area contributed by atoms with Gasteiger partial charge in [-0.1, -0.05) is 0 Å². The molecule has 19 heavy (non-hydrogen) atoms. The zero-order valence-corrected chi connectivity index (χ0v) is 16.1. The van der Waals surface area contributed by atoms with E-state index in [1.165, 1.54) is 0 Å². The molecule has 0 aliphatic heterocycles. The van der Waals surface area contributed by atoms with E-state index >= 15 is 0 Å². The van der Waals surface area contributed by atoms with Crippen LogP contribution in [0.15, 0.2) is 60.7 Å². The van der Waals surface area contributed by atoms with E-state index in [-0.39, 0.29) is 0 Å². The predicted octanol–water partition coefficient (Wildman–Crippen LogP) is 2.40. The Kier molecular flexibility index (Phi) is 6.32. The molecule has 0 spiro atoms. The van der Waals surface area contributed by atoms with Crippen molar-refractivity contribution in [3.05, 3.63) is 71.8 Å². The van der Waals surface area contributed by atoms with Crippen LogP contribution < -0.4 is 0 Å². The summed E-state index contributed by atoms with van der Waals surface area (Å²) in [5, 5.41) is 0. The number of benzene rings is 2. The standard InChI is InChI=1S/2C7H7.3O.2Sn/c2*1-7-5-3-2-4-6-7;;;;;/h2*2-6H,1H2;;;;;. The topological polar surface area (TPSA) is 43.4 Å². The number of rotatable bonds is 6. The zero-order valence-electron chi connectivity index (χ0n) is 10.4. The summed E-state index contributed by atoms with van der Waals surface area (Å²) in [5.74, 6) is 0. The van der Waals surface area contributed by atoms with Gasteiger partial charge < -0.3 is 0 Å². The SMILES string of the molecule is [O]=[Sn]([CH2]c1ccccc1)[O][Sn](=[O])[CH2]c1ccccc1. The molecule has 0 amide bonds. The van der Waals surface area contributed by atoms with Crippen LogP contribution in [0.3, 0.4) is 0 Å². The van der Waals surface area contributed by atoms with Crippen molar-refractivity contribution in [2.75, 3.05) is 0 Å². The van der Waals surface area contributed by atoms with Crippen LogP contribution in [0.5, 0.6) is 0 Å². The Morgan fingerprint density at radius 2 is 1.05 bits per heavy atom. The molecule has 0 fully saturated rings. The third-order valence-corrected chi connectivity index (χ3v) is 16.6. The maximum absolute atomic E-state index is 11.9. The summed E-state index contributed by atoms with van der Waals surface area (Å²) in [6.45, 7) is 0. The minimum atomic E-state index is -3.18. The van der Waals surface area contributed by atoms with Gasteiger partial charge in [0, 0.05) is 0 Å². The summed E-state index contributed by atoms with van der Waals surface area (Å²) in [4.78, 5) is 0. The maximum atomic E-state index is 11.9. The molecule has 0 aliphatic rings. The van der Waals surface area contributed by atoms with Gasteiger partial charge in [-0.25, -0.2) is 0 Å². The van der Waals surface area contributed by atoms with Gasteiger partial charge in [0.25, 0.3) is 0 Å². The predicted molar refractivity (Wildman–Crippen MR) is 74.3 cm³/mol. The van der Waals surface area contributed by atoms with E-state index in [4.69, 9.17) is 1.41 Å². The molecule has 2 aromatic carbocycles. The Labute approximate surface area is 127 Å². The molecule has 0 saturated carbocycles. The van der Waals surface area contributed by atoms with Crippen molar-refractivity contribution in [3.63, 3.8) is 0 Å². The van der Waals surface area contributed by atoms with Crippen molar-refractivity contribution < 1.29 is 7.57 Å². The Morgan fingerprint density at radius 3 is 1.42 bits per heavy atom. The Balaban J connectivity index is 1.84. The molecule has 0 atom stereocenters. The Hall–Kier alpha value is -0.403. The first-order chi connectivity index (χ1) is 9.24. The van der Waals surface area contributed by atoms with Crippen LogP contribution >= 0.6 is 0 Å². The van der Waals surface area contributed by atoms with Crippen molar-refractivity contribution in [1.82, 2.24) is 0 Å². The van der Waals surface area contributed by atoms with E-state index in [0.29, 0.717) is 8.87 Å². The minimum absolute atomic E-state index is 0.462. The fourth-order valence-corrected chi connectivity index (χ4v) is 13.7. The molecule has 96 valence electrons. The first kappa shape index (κ1) is 15.0. The second kappa shape index (κ2) is 8.01. The molecular weight excluding hydrogens is 454 g/mol. The van der Waals surface area contributed by atoms with Crippen LogP contribution in [0.25, 0.3) is 0 Å². The van der Waals surface area contributed by atoms with Crippen LogP contribution in [0, 0.1) is 0 Å². The summed E-state index contributed by atoms with van der Waals surface area (Å²) in [5.41, 5.74) is 2.01. The van der Waals surface area contributed by atoms with Gasteiger partial charge in [-0.3, -0.25) is 0 Å². The molecule has 5 heteroatoms. The molecule has 0 saturated heterocycles. The van der Waals surface area contributed by atoms with Gasteiger partial charge in [-0.05, 0) is 0 Å². The quantitative estimate of drug-likeness (QED) is 0.613. The summed E-state index contributed by atoms with van der Waals surface area (Å²) in [7, 11) is 0. The monoisotopic (exact) mass is 470 g/mol. The summed E-state index contributed by atoms with van der Waals surface area (Å²) in [6, 6.07) is 19.2. The van der Waals surface area contributed by atoms with E-state index in [1.54, 1.807) is 0 Å². The molecule has 0 radical (unpaired) electrons. The third-order valence-electron chi connectivity index (χ3n) is 2.61. The molecule has 0 N–H and O–H groups in total. The van der Waals surface area contributed by atoms with Crippen molar-refractivity contribution in [2.24, 2.45) is 0 Å². The second-order valence-corrected chi connectivity index (χ2v) is 14.9. The van der Waals surface area contributed by atoms with Gasteiger partial charge in [0.05, 0.1) is 0 Å². The molecule has 0 heterocycles. The first-order valence-corrected chi connectivity index (χ1v) is 14.7. The van der Waals surface area contributed by atoms with Crippen LogP contribution in [0.2, 0.25) is 0 Å². The van der Waals surface area contributed by atoms with Crippen LogP contribution in [0.1, 0.15) is 11.1 Å². The van der Waals surface area contributed by atoms with Crippen LogP contribution in [0.4, 0.5) is 0 Å². The van der Waals surface area contributed by atoms with E-state index in [0.717, 1.165) is 11.1 Å². The average Bonchev–Trinajstić information content (AvgIpc) is 2.40. The van der Waals surface area contributed by atoms with E-state index in [9.17, 15) is 6.15 Å². The molecule has 0 bridgehead atoms. The van der Waals surface area contributed by atoms with Crippen molar-refractivity contribution in [3.8, 4) is 0 Å². The van der Waals surface area contributed by atoms with E-state index in [1.807, 2.05) is 60.7 Å². The van der Waals surface area contributed by atoms with E-state index in [2.05, 4.69) is 0 Å². The van der Waals surface area contributed by atoms with E-state index < -0.39 is 40.3 Å². The van der Waals surface area contributed by atoms with Crippen molar-refractivity contribution in [2.45, 2.75) is 8.87 Å². The summed E-state index contributed by atoms with van der Waals surface area (Å²) in [6.07, 6.45) is 0. The summed E-state index contributed by atoms with van der Waals surface area (Å²) >= 11 is -6.35. The average molecular weight is 468 g/mol. The molecule has 0 unspecified atom stereocenters. The van der Waals surface area contributed by atoms with Gasteiger partial charge in [0.15, 0.2) is 0 Å². The molecule has 0 aliphatic carbocycles. The van der Waals surface area contributed by atoms with Crippen molar-refractivity contribution in [1.29, 1.82) is 0 Å². The molecule has 0 aromatic heterocycles. The molecule has 2 aromatic rings. The summed E-state index contributed by atoms with van der Waals surface area (Å²) < 4.78 is 30.1. The van der Waals surface area contributed by atoms with Gasteiger partial charge in [-0.15, -0.1) is 0 Å². The third kappa shape index (κ3) is 5.62. The van der Waals surface area contributed by atoms with Crippen molar-refractivity contribution >= 4 is 40.3 Å².